The number of hydrogen-bond donors (Lipinski definition) is 1. The zero-order valence-corrected chi connectivity index (χ0v) is 12.4. The van der Waals surface area contributed by atoms with Gasteiger partial charge in [-0.25, -0.2) is 0 Å². The van der Waals surface area contributed by atoms with E-state index in [1.165, 1.54) is 24.8 Å². The Morgan fingerprint density at radius 2 is 1.79 bits per heavy atom. The van der Waals surface area contributed by atoms with Gasteiger partial charge in [-0.05, 0) is 45.5 Å². The fourth-order valence-corrected chi connectivity index (χ4v) is 1.84. The van der Waals surface area contributed by atoms with Crippen LogP contribution in [0.5, 0.6) is 0 Å². The first-order valence-corrected chi connectivity index (χ1v) is 7.26. The van der Waals surface area contributed by atoms with Crippen molar-refractivity contribution < 1.29 is 4.74 Å². The van der Waals surface area contributed by atoms with Gasteiger partial charge in [0.25, 0.3) is 0 Å². The largest absolute Gasteiger partial charge is 0.379 e. The van der Waals surface area contributed by atoms with Crippen LogP contribution < -0.4 is 5.32 Å². The normalized spacial score (nSPS) is 11.1. The minimum Gasteiger partial charge on any atom is -0.379 e. The first-order valence-electron chi connectivity index (χ1n) is 7.26. The molecule has 0 amide bonds. The van der Waals surface area contributed by atoms with Crippen LogP contribution in [0.3, 0.4) is 0 Å². The van der Waals surface area contributed by atoms with E-state index >= 15 is 0 Å². The molecule has 108 valence electrons. The predicted octanol–water partition coefficient (Wildman–Crippen LogP) is 2.18. The summed E-state index contributed by atoms with van der Waals surface area (Å²) in [6.45, 7) is 4.68. The summed E-state index contributed by atoms with van der Waals surface area (Å²) >= 11 is 0. The standard InChI is InChI=1S/C16H28N2O/c1-18(2)13-15-19-14-12-17-11-7-6-10-16-8-4-3-5-9-16/h3-5,8-9,17H,6-7,10-15H2,1-2H3. The molecule has 0 aliphatic rings. The number of rotatable bonds is 11. The molecular weight excluding hydrogens is 236 g/mol. The molecule has 19 heavy (non-hydrogen) atoms. The Kier molecular flexibility index (Phi) is 9.33. The zero-order chi connectivity index (χ0) is 13.8. The topological polar surface area (TPSA) is 24.5 Å². The van der Waals surface area contributed by atoms with Crippen molar-refractivity contribution in [2.24, 2.45) is 0 Å². The van der Waals surface area contributed by atoms with Crippen LogP contribution >= 0.6 is 0 Å². The lowest BCUT2D eigenvalue weighted by atomic mass is 10.1. The maximum atomic E-state index is 5.52. The van der Waals surface area contributed by atoms with Crippen LogP contribution in [-0.4, -0.2) is 51.8 Å². The number of nitrogens with one attached hydrogen (secondary N) is 1. The second-order valence-corrected chi connectivity index (χ2v) is 5.11. The Labute approximate surface area is 118 Å². The van der Waals surface area contributed by atoms with Crippen molar-refractivity contribution in [1.29, 1.82) is 0 Å². The molecule has 0 aromatic heterocycles. The fraction of sp³-hybridized carbons (Fsp3) is 0.625. The first-order chi connectivity index (χ1) is 9.29. The van der Waals surface area contributed by atoms with E-state index in [4.69, 9.17) is 4.74 Å². The van der Waals surface area contributed by atoms with Gasteiger partial charge in [0.05, 0.1) is 13.2 Å². The number of ether oxygens (including phenoxy) is 1. The van der Waals surface area contributed by atoms with E-state index in [-0.39, 0.29) is 0 Å². The molecule has 3 heteroatoms. The van der Waals surface area contributed by atoms with E-state index < -0.39 is 0 Å². The molecule has 1 N–H and O–H groups in total. The van der Waals surface area contributed by atoms with Crippen molar-refractivity contribution in [2.75, 3.05) is 46.9 Å². The van der Waals surface area contributed by atoms with Gasteiger partial charge in [-0.3, -0.25) is 0 Å². The fourth-order valence-electron chi connectivity index (χ4n) is 1.84. The summed E-state index contributed by atoms with van der Waals surface area (Å²) < 4.78 is 5.52. The maximum Gasteiger partial charge on any atom is 0.0593 e. The average molecular weight is 264 g/mol. The monoisotopic (exact) mass is 264 g/mol. The minimum absolute atomic E-state index is 0.812. The predicted molar refractivity (Wildman–Crippen MR) is 81.6 cm³/mol. The number of aryl methyl sites for hydroxylation is 1. The Morgan fingerprint density at radius 3 is 2.53 bits per heavy atom. The highest BCUT2D eigenvalue weighted by molar-refractivity contribution is 5.14. The molecule has 0 atom stereocenters. The van der Waals surface area contributed by atoms with Crippen molar-refractivity contribution in [3.05, 3.63) is 35.9 Å². The number of likely N-dealkylation sites (N-methyl/N-ethyl adjacent to an activating group) is 1. The Hall–Kier alpha value is -0.900. The molecule has 3 nitrogen and oxygen atoms in total. The summed E-state index contributed by atoms with van der Waals surface area (Å²) in [4.78, 5) is 2.14. The molecule has 0 saturated heterocycles. The summed E-state index contributed by atoms with van der Waals surface area (Å²) in [7, 11) is 4.13. The van der Waals surface area contributed by atoms with E-state index in [0.29, 0.717) is 0 Å². The third-order valence-electron chi connectivity index (χ3n) is 3.02. The van der Waals surface area contributed by atoms with E-state index in [0.717, 1.165) is 32.8 Å². The zero-order valence-electron chi connectivity index (χ0n) is 12.4. The van der Waals surface area contributed by atoms with E-state index in [9.17, 15) is 0 Å². The highest BCUT2D eigenvalue weighted by atomic mass is 16.5. The maximum absolute atomic E-state index is 5.52. The number of nitrogens with zero attached hydrogens (tertiary/aromatic N) is 1. The molecule has 0 spiro atoms. The van der Waals surface area contributed by atoms with Crippen LogP contribution in [-0.2, 0) is 11.2 Å². The van der Waals surface area contributed by atoms with E-state index in [1.807, 2.05) is 0 Å². The Morgan fingerprint density at radius 1 is 1.00 bits per heavy atom. The third kappa shape index (κ3) is 9.65. The molecule has 1 aromatic carbocycles. The smallest absolute Gasteiger partial charge is 0.0593 e. The van der Waals surface area contributed by atoms with Crippen LogP contribution in [0.1, 0.15) is 18.4 Å². The summed E-state index contributed by atoms with van der Waals surface area (Å²) in [6, 6.07) is 10.7. The van der Waals surface area contributed by atoms with Crippen LogP contribution in [0.15, 0.2) is 30.3 Å². The lowest BCUT2D eigenvalue weighted by molar-refractivity contribution is 0.119. The highest BCUT2D eigenvalue weighted by Gasteiger charge is 1.93. The molecule has 1 rings (SSSR count). The molecular formula is C16H28N2O. The number of hydrogen-bond acceptors (Lipinski definition) is 3. The lowest BCUT2D eigenvalue weighted by Gasteiger charge is -2.10. The van der Waals surface area contributed by atoms with Crippen molar-refractivity contribution in [3.8, 4) is 0 Å². The second kappa shape index (κ2) is 11.0. The molecule has 0 aliphatic carbocycles. The first kappa shape index (κ1) is 16.2. The number of unbranched alkanes of at least 4 members (excludes halogenated alkanes) is 1. The van der Waals surface area contributed by atoms with Gasteiger partial charge in [-0.15, -0.1) is 0 Å². The lowest BCUT2D eigenvalue weighted by Crippen LogP contribution is -2.23. The Bertz CT molecular complexity index is 301. The molecule has 0 unspecified atom stereocenters. The molecule has 0 aliphatic heterocycles. The van der Waals surface area contributed by atoms with Crippen LogP contribution in [0.2, 0.25) is 0 Å². The van der Waals surface area contributed by atoms with Crippen molar-refractivity contribution in [2.45, 2.75) is 19.3 Å². The summed E-state index contributed by atoms with van der Waals surface area (Å²) in [5.41, 5.74) is 1.44. The molecule has 1 aromatic rings. The van der Waals surface area contributed by atoms with Gasteiger partial charge < -0.3 is 15.0 Å². The van der Waals surface area contributed by atoms with E-state index in [2.05, 4.69) is 54.6 Å². The summed E-state index contributed by atoms with van der Waals surface area (Å²) in [6.07, 6.45) is 3.66. The second-order valence-electron chi connectivity index (χ2n) is 5.11. The molecule has 0 bridgehead atoms. The van der Waals surface area contributed by atoms with Gasteiger partial charge in [0.1, 0.15) is 0 Å². The molecule has 0 radical (unpaired) electrons. The van der Waals surface area contributed by atoms with Gasteiger partial charge in [0.15, 0.2) is 0 Å². The van der Waals surface area contributed by atoms with Crippen LogP contribution in [0.4, 0.5) is 0 Å². The minimum atomic E-state index is 0.812. The Balaban J connectivity index is 1.81. The van der Waals surface area contributed by atoms with Gasteiger partial charge in [0.2, 0.25) is 0 Å². The molecule has 0 fully saturated rings. The van der Waals surface area contributed by atoms with Gasteiger partial charge >= 0.3 is 0 Å². The molecule has 0 heterocycles. The summed E-state index contributed by atoms with van der Waals surface area (Å²) in [5.74, 6) is 0. The van der Waals surface area contributed by atoms with Crippen molar-refractivity contribution in [1.82, 2.24) is 10.2 Å². The summed E-state index contributed by atoms with van der Waals surface area (Å²) in [5, 5.41) is 3.42. The average Bonchev–Trinajstić information content (AvgIpc) is 2.42. The van der Waals surface area contributed by atoms with E-state index in [1.54, 1.807) is 0 Å². The SMILES string of the molecule is CN(C)CCOCCNCCCCc1ccccc1. The van der Waals surface area contributed by atoms with Gasteiger partial charge in [-0.1, -0.05) is 30.3 Å². The van der Waals surface area contributed by atoms with Crippen LogP contribution in [0, 0.1) is 0 Å². The van der Waals surface area contributed by atoms with Gasteiger partial charge in [-0.2, -0.15) is 0 Å². The highest BCUT2D eigenvalue weighted by Crippen LogP contribution is 2.03. The van der Waals surface area contributed by atoms with Crippen molar-refractivity contribution >= 4 is 0 Å². The van der Waals surface area contributed by atoms with Crippen LogP contribution in [0.25, 0.3) is 0 Å². The molecule has 0 saturated carbocycles. The van der Waals surface area contributed by atoms with Crippen molar-refractivity contribution in [3.63, 3.8) is 0 Å². The number of benzene rings is 1. The quantitative estimate of drug-likeness (QED) is 0.620. The van der Waals surface area contributed by atoms with Gasteiger partial charge in [0, 0.05) is 13.1 Å². The third-order valence-corrected chi connectivity index (χ3v) is 3.02.